The largest absolute Gasteiger partial charge is 0.493 e. The van der Waals surface area contributed by atoms with E-state index in [4.69, 9.17) is 25.8 Å². The molecule has 0 spiro atoms. The van der Waals surface area contributed by atoms with Gasteiger partial charge in [-0.25, -0.2) is 4.79 Å². The molecule has 2 amide bonds. The fraction of sp³-hybridized carbons (Fsp3) is 0.250. The Kier molecular flexibility index (Phi) is 7.44. The number of halogens is 1. The van der Waals surface area contributed by atoms with Crippen LogP contribution in [0.4, 0.5) is 11.4 Å². The molecule has 0 radical (unpaired) electrons. The Labute approximate surface area is 173 Å². The fourth-order valence-corrected chi connectivity index (χ4v) is 2.69. The first-order chi connectivity index (χ1) is 13.7. The van der Waals surface area contributed by atoms with Gasteiger partial charge in [-0.15, -0.1) is 0 Å². The van der Waals surface area contributed by atoms with Gasteiger partial charge >= 0.3 is 5.97 Å². The molecule has 0 saturated carbocycles. The molecule has 2 aromatic rings. The first-order valence-electron chi connectivity index (χ1n) is 8.56. The zero-order valence-corrected chi connectivity index (χ0v) is 17.1. The summed E-state index contributed by atoms with van der Waals surface area (Å²) in [5.41, 5.74) is 1.20. The minimum absolute atomic E-state index is 0.118. The van der Waals surface area contributed by atoms with Crippen molar-refractivity contribution in [3.63, 3.8) is 0 Å². The molecule has 2 aromatic carbocycles. The molecule has 9 heteroatoms. The molecule has 2 rings (SSSR count). The average Bonchev–Trinajstić information content (AvgIpc) is 2.68. The van der Waals surface area contributed by atoms with Crippen LogP contribution in [0.25, 0.3) is 0 Å². The van der Waals surface area contributed by atoms with Crippen LogP contribution in [0.15, 0.2) is 36.4 Å². The van der Waals surface area contributed by atoms with Crippen LogP contribution in [0.1, 0.15) is 24.2 Å². The maximum absolute atomic E-state index is 12.4. The van der Waals surface area contributed by atoms with Crippen molar-refractivity contribution in [1.29, 1.82) is 0 Å². The Bertz CT molecular complexity index is 914. The zero-order valence-electron chi connectivity index (χ0n) is 16.4. The maximum Gasteiger partial charge on any atom is 0.339 e. The lowest BCUT2D eigenvalue weighted by molar-refractivity contribution is -0.123. The number of anilines is 2. The van der Waals surface area contributed by atoms with E-state index in [1.807, 2.05) is 0 Å². The maximum atomic E-state index is 12.4. The molecule has 0 aliphatic carbocycles. The number of benzene rings is 2. The van der Waals surface area contributed by atoms with Gasteiger partial charge in [0.1, 0.15) is 0 Å². The number of carbonyl (C=O) groups is 3. The molecule has 0 unspecified atom stereocenters. The summed E-state index contributed by atoms with van der Waals surface area (Å²) in [6, 6.07) is 9.30. The lowest BCUT2D eigenvalue weighted by Gasteiger charge is -2.15. The van der Waals surface area contributed by atoms with Crippen LogP contribution in [-0.2, 0) is 14.3 Å². The number of hydrogen-bond donors (Lipinski definition) is 2. The molecule has 0 heterocycles. The first kappa shape index (κ1) is 22.0. The molecule has 0 saturated heterocycles. The second-order valence-corrected chi connectivity index (χ2v) is 6.40. The van der Waals surface area contributed by atoms with E-state index in [9.17, 15) is 14.4 Å². The Hall–Kier alpha value is -3.26. The van der Waals surface area contributed by atoms with Gasteiger partial charge in [-0.2, -0.15) is 0 Å². The molecule has 0 bridgehead atoms. The molecule has 0 aliphatic heterocycles. The molecule has 1 atom stereocenters. The van der Waals surface area contributed by atoms with Crippen molar-refractivity contribution >= 4 is 40.8 Å². The number of hydrogen-bond acceptors (Lipinski definition) is 6. The smallest absolute Gasteiger partial charge is 0.339 e. The Morgan fingerprint density at radius 1 is 0.966 bits per heavy atom. The van der Waals surface area contributed by atoms with Crippen LogP contribution < -0.4 is 20.1 Å². The summed E-state index contributed by atoms with van der Waals surface area (Å²) in [5.74, 6) is -0.895. The number of methoxy groups -OCH3 is 2. The quantitative estimate of drug-likeness (QED) is 0.664. The van der Waals surface area contributed by atoms with Crippen molar-refractivity contribution in [1.82, 2.24) is 0 Å². The van der Waals surface area contributed by atoms with Gasteiger partial charge in [-0.05, 0) is 43.3 Å². The Morgan fingerprint density at radius 3 is 2.07 bits per heavy atom. The predicted molar refractivity (Wildman–Crippen MR) is 109 cm³/mol. The zero-order chi connectivity index (χ0) is 21.6. The van der Waals surface area contributed by atoms with Crippen LogP contribution in [0.2, 0.25) is 5.02 Å². The summed E-state index contributed by atoms with van der Waals surface area (Å²) >= 11 is 6.09. The van der Waals surface area contributed by atoms with Crippen LogP contribution in [0.3, 0.4) is 0 Å². The molecule has 154 valence electrons. The standard InChI is InChI=1S/C20H21ClN2O6/c1-11(19(25)23-15-7-5-14(6-8-15)22-12(2)24)29-20(26)13-9-16(21)18(28-4)17(10-13)27-3/h5-11H,1-4H3,(H,22,24)(H,23,25)/t11-/m0/s1. The van der Waals surface area contributed by atoms with Crippen molar-refractivity contribution in [2.45, 2.75) is 20.0 Å². The summed E-state index contributed by atoms with van der Waals surface area (Å²) in [5, 5.41) is 5.43. The molecular formula is C20H21ClN2O6. The number of esters is 1. The molecule has 8 nitrogen and oxygen atoms in total. The van der Waals surface area contributed by atoms with E-state index >= 15 is 0 Å². The van der Waals surface area contributed by atoms with Crippen molar-refractivity contribution in [2.75, 3.05) is 24.9 Å². The Balaban J connectivity index is 2.03. The minimum atomic E-state index is -1.07. The lowest BCUT2D eigenvalue weighted by Crippen LogP contribution is -2.30. The Morgan fingerprint density at radius 2 is 1.55 bits per heavy atom. The monoisotopic (exact) mass is 420 g/mol. The molecule has 29 heavy (non-hydrogen) atoms. The summed E-state index contributed by atoms with van der Waals surface area (Å²) in [6.45, 7) is 2.85. The topological polar surface area (TPSA) is 103 Å². The SMILES string of the molecule is COc1cc(C(=O)O[C@@H](C)C(=O)Nc2ccc(NC(C)=O)cc2)cc(Cl)c1OC. The van der Waals surface area contributed by atoms with E-state index in [0.29, 0.717) is 17.1 Å². The van der Waals surface area contributed by atoms with Crippen LogP contribution in [-0.4, -0.2) is 38.1 Å². The lowest BCUT2D eigenvalue weighted by atomic mass is 10.2. The van der Waals surface area contributed by atoms with Gasteiger partial charge < -0.3 is 24.8 Å². The molecule has 0 aliphatic rings. The van der Waals surface area contributed by atoms with Gasteiger partial charge in [0.25, 0.3) is 5.91 Å². The minimum Gasteiger partial charge on any atom is -0.493 e. The molecular weight excluding hydrogens is 400 g/mol. The summed E-state index contributed by atoms with van der Waals surface area (Å²) in [4.78, 5) is 35.7. The van der Waals surface area contributed by atoms with E-state index < -0.39 is 18.0 Å². The van der Waals surface area contributed by atoms with Gasteiger partial charge in [0.15, 0.2) is 17.6 Å². The second kappa shape index (κ2) is 9.79. The van der Waals surface area contributed by atoms with E-state index in [-0.39, 0.29) is 22.2 Å². The van der Waals surface area contributed by atoms with Crippen LogP contribution in [0, 0.1) is 0 Å². The van der Waals surface area contributed by atoms with Gasteiger partial charge in [-0.3, -0.25) is 9.59 Å². The van der Waals surface area contributed by atoms with Crippen LogP contribution >= 0.6 is 11.6 Å². The second-order valence-electron chi connectivity index (χ2n) is 5.99. The summed E-state index contributed by atoms with van der Waals surface area (Å²) in [6.07, 6.45) is -1.07. The fourth-order valence-electron chi connectivity index (χ4n) is 2.40. The average molecular weight is 421 g/mol. The van der Waals surface area contributed by atoms with Gasteiger partial charge in [-0.1, -0.05) is 11.6 Å². The summed E-state index contributed by atoms with van der Waals surface area (Å²) < 4.78 is 15.5. The van der Waals surface area contributed by atoms with Crippen molar-refractivity contribution < 1.29 is 28.6 Å². The van der Waals surface area contributed by atoms with Crippen LogP contribution in [0.5, 0.6) is 11.5 Å². The van der Waals surface area contributed by atoms with Crippen molar-refractivity contribution in [2.24, 2.45) is 0 Å². The summed E-state index contributed by atoms with van der Waals surface area (Å²) in [7, 11) is 2.84. The van der Waals surface area contributed by atoms with Gasteiger partial charge in [0.05, 0.1) is 24.8 Å². The molecule has 0 fully saturated rings. The van der Waals surface area contributed by atoms with Gasteiger partial charge in [0, 0.05) is 18.3 Å². The van der Waals surface area contributed by atoms with E-state index in [1.54, 1.807) is 24.3 Å². The first-order valence-corrected chi connectivity index (χ1v) is 8.94. The van der Waals surface area contributed by atoms with E-state index in [1.165, 1.54) is 40.2 Å². The number of rotatable bonds is 7. The highest BCUT2D eigenvalue weighted by Crippen LogP contribution is 2.36. The number of ether oxygens (including phenoxy) is 3. The number of nitrogens with one attached hydrogen (secondary N) is 2. The van der Waals surface area contributed by atoms with E-state index in [0.717, 1.165) is 0 Å². The van der Waals surface area contributed by atoms with Gasteiger partial charge in [0.2, 0.25) is 5.91 Å². The third-order valence-corrected chi connectivity index (χ3v) is 4.08. The third-order valence-electron chi connectivity index (χ3n) is 3.80. The highest BCUT2D eigenvalue weighted by Gasteiger charge is 2.21. The predicted octanol–water partition coefficient (Wildman–Crippen LogP) is 3.50. The normalized spacial score (nSPS) is 11.2. The number of amides is 2. The van der Waals surface area contributed by atoms with Crippen molar-refractivity contribution in [3.05, 3.63) is 47.0 Å². The van der Waals surface area contributed by atoms with Crippen molar-refractivity contribution in [3.8, 4) is 11.5 Å². The molecule has 2 N–H and O–H groups in total. The van der Waals surface area contributed by atoms with E-state index in [2.05, 4.69) is 10.6 Å². The highest BCUT2D eigenvalue weighted by atomic mass is 35.5. The molecule has 0 aromatic heterocycles. The third kappa shape index (κ3) is 5.86. The number of carbonyl (C=O) groups excluding carboxylic acids is 3. The highest BCUT2D eigenvalue weighted by molar-refractivity contribution is 6.32.